The Morgan fingerprint density at radius 1 is 1.08 bits per heavy atom. The number of aryl methyl sites for hydroxylation is 1. The Bertz CT molecular complexity index is 1380. The molecule has 1 aliphatic rings. The van der Waals surface area contributed by atoms with E-state index in [-0.39, 0.29) is 27.9 Å². The number of rotatable bonds is 8. The smallest absolute Gasteiger partial charge is 0.350 e. The Kier molecular flexibility index (Phi) is 7.58. The van der Waals surface area contributed by atoms with Crippen molar-refractivity contribution < 1.29 is 33.7 Å². The van der Waals surface area contributed by atoms with Crippen molar-refractivity contribution in [1.29, 1.82) is 0 Å². The van der Waals surface area contributed by atoms with E-state index in [9.17, 15) is 19.5 Å². The summed E-state index contributed by atoms with van der Waals surface area (Å²) < 4.78 is 15.9. The minimum Gasteiger partial charge on any atom is -0.507 e. The van der Waals surface area contributed by atoms with Crippen molar-refractivity contribution in [2.45, 2.75) is 26.8 Å². The molecule has 0 aliphatic carbocycles. The fourth-order valence-corrected chi connectivity index (χ4v) is 5.05. The van der Waals surface area contributed by atoms with Crippen LogP contribution in [0.2, 0.25) is 0 Å². The first-order chi connectivity index (χ1) is 17.8. The van der Waals surface area contributed by atoms with Crippen molar-refractivity contribution in [2.75, 3.05) is 25.2 Å². The summed E-state index contributed by atoms with van der Waals surface area (Å²) in [5.41, 5.74) is 1.14. The first kappa shape index (κ1) is 25.9. The lowest BCUT2D eigenvalue weighted by Gasteiger charge is -2.23. The van der Waals surface area contributed by atoms with E-state index in [1.54, 1.807) is 62.4 Å². The SMILES string of the molecule is CCOC(=O)c1sc(N2C(=O)C(=O)/C(=C(/O)c3ccc(OC)cc3)C2c2cccc(OCC)c2)nc1C. The average molecular weight is 523 g/mol. The van der Waals surface area contributed by atoms with Crippen molar-refractivity contribution in [1.82, 2.24) is 4.98 Å². The van der Waals surface area contributed by atoms with E-state index in [1.807, 2.05) is 6.92 Å². The van der Waals surface area contributed by atoms with Crippen LogP contribution in [-0.2, 0) is 14.3 Å². The lowest BCUT2D eigenvalue weighted by Crippen LogP contribution is -2.29. The second-order valence-electron chi connectivity index (χ2n) is 8.03. The van der Waals surface area contributed by atoms with Gasteiger partial charge in [0.2, 0.25) is 0 Å². The molecular formula is C27H26N2O7S. The van der Waals surface area contributed by atoms with Crippen LogP contribution in [0.5, 0.6) is 11.5 Å². The average Bonchev–Trinajstić information content (AvgIpc) is 3.41. The molecule has 9 nitrogen and oxygen atoms in total. The molecule has 3 aromatic rings. The number of carbonyl (C=O) groups excluding carboxylic acids is 3. The molecule has 10 heteroatoms. The van der Waals surface area contributed by atoms with E-state index in [2.05, 4.69) is 4.98 Å². The largest absolute Gasteiger partial charge is 0.507 e. The van der Waals surface area contributed by atoms with Gasteiger partial charge in [0.05, 0.1) is 37.6 Å². The van der Waals surface area contributed by atoms with Crippen LogP contribution in [-0.4, -0.2) is 48.1 Å². The number of thiazole rings is 1. The summed E-state index contributed by atoms with van der Waals surface area (Å²) in [5.74, 6) is -1.53. The minimum atomic E-state index is -1.01. The maximum Gasteiger partial charge on any atom is 0.350 e. The molecule has 1 N–H and O–H groups in total. The molecule has 1 fully saturated rings. The first-order valence-electron chi connectivity index (χ1n) is 11.6. The van der Waals surface area contributed by atoms with Crippen LogP contribution in [0.25, 0.3) is 5.76 Å². The molecule has 1 unspecified atom stereocenters. The van der Waals surface area contributed by atoms with Crippen LogP contribution in [0.4, 0.5) is 5.13 Å². The van der Waals surface area contributed by atoms with E-state index < -0.39 is 23.7 Å². The van der Waals surface area contributed by atoms with Gasteiger partial charge in [-0.3, -0.25) is 14.5 Å². The number of amides is 1. The number of hydrogen-bond donors (Lipinski definition) is 1. The third kappa shape index (κ3) is 4.92. The number of Topliss-reactive ketones (excluding diaryl/α,β-unsaturated/α-hetero) is 1. The van der Waals surface area contributed by atoms with Crippen molar-refractivity contribution in [3.05, 3.63) is 75.8 Å². The van der Waals surface area contributed by atoms with Crippen LogP contribution in [0.15, 0.2) is 54.1 Å². The van der Waals surface area contributed by atoms with Gasteiger partial charge in [0.25, 0.3) is 5.78 Å². The highest BCUT2D eigenvalue weighted by Gasteiger charge is 2.48. The van der Waals surface area contributed by atoms with E-state index in [0.717, 1.165) is 11.3 Å². The topological polar surface area (TPSA) is 115 Å². The molecule has 0 radical (unpaired) electrons. The van der Waals surface area contributed by atoms with Gasteiger partial charge >= 0.3 is 11.9 Å². The Morgan fingerprint density at radius 3 is 2.46 bits per heavy atom. The van der Waals surface area contributed by atoms with Gasteiger partial charge in [-0.2, -0.15) is 0 Å². The number of aliphatic hydroxyl groups excluding tert-OH is 1. The van der Waals surface area contributed by atoms with Crippen LogP contribution in [0.1, 0.15) is 46.4 Å². The maximum atomic E-state index is 13.4. The number of ketones is 1. The van der Waals surface area contributed by atoms with Crippen LogP contribution in [0, 0.1) is 6.92 Å². The zero-order chi connectivity index (χ0) is 26.7. The molecule has 1 aliphatic heterocycles. The van der Waals surface area contributed by atoms with Crippen molar-refractivity contribution >= 4 is 39.9 Å². The van der Waals surface area contributed by atoms with Crippen molar-refractivity contribution in [2.24, 2.45) is 0 Å². The van der Waals surface area contributed by atoms with E-state index >= 15 is 0 Å². The molecule has 37 heavy (non-hydrogen) atoms. The highest BCUT2D eigenvalue weighted by molar-refractivity contribution is 7.17. The molecule has 1 saturated heterocycles. The van der Waals surface area contributed by atoms with Gasteiger partial charge in [0.15, 0.2) is 5.13 Å². The number of benzene rings is 2. The second-order valence-corrected chi connectivity index (χ2v) is 9.01. The normalized spacial score (nSPS) is 16.6. The molecule has 192 valence electrons. The Labute approximate surface area is 217 Å². The lowest BCUT2D eigenvalue weighted by molar-refractivity contribution is -0.132. The number of aromatic nitrogens is 1. The molecule has 1 atom stereocenters. The van der Waals surface area contributed by atoms with Crippen LogP contribution < -0.4 is 14.4 Å². The summed E-state index contributed by atoms with van der Waals surface area (Å²) in [6.07, 6.45) is 0. The summed E-state index contributed by atoms with van der Waals surface area (Å²) in [6, 6.07) is 12.4. The highest BCUT2D eigenvalue weighted by Crippen LogP contribution is 2.44. The number of carbonyl (C=O) groups is 3. The van der Waals surface area contributed by atoms with Gasteiger partial charge in [0.1, 0.15) is 22.1 Å². The van der Waals surface area contributed by atoms with Gasteiger partial charge < -0.3 is 19.3 Å². The predicted octanol–water partition coefficient (Wildman–Crippen LogP) is 4.66. The monoisotopic (exact) mass is 522 g/mol. The first-order valence-corrected chi connectivity index (χ1v) is 12.4. The minimum absolute atomic E-state index is 0.102. The number of ether oxygens (including phenoxy) is 3. The van der Waals surface area contributed by atoms with Gasteiger partial charge in [-0.1, -0.05) is 23.5 Å². The summed E-state index contributed by atoms with van der Waals surface area (Å²) in [7, 11) is 1.52. The number of esters is 1. The highest BCUT2D eigenvalue weighted by atomic mass is 32.1. The van der Waals surface area contributed by atoms with E-state index in [4.69, 9.17) is 14.2 Å². The van der Waals surface area contributed by atoms with Crippen molar-refractivity contribution in [3.8, 4) is 11.5 Å². The third-order valence-electron chi connectivity index (χ3n) is 5.74. The molecule has 1 aromatic heterocycles. The van der Waals surface area contributed by atoms with Gasteiger partial charge in [0, 0.05) is 5.56 Å². The molecule has 0 spiro atoms. The van der Waals surface area contributed by atoms with E-state index in [0.29, 0.717) is 34.9 Å². The summed E-state index contributed by atoms with van der Waals surface area (Å²) in [5, 5.41) is 11.4. The number of anilines is 1. The summed E-state index contributed by atoms with van der Waals surface area (Å²) in [6.45, 7) is 5.77. The molecule has 2 heterocycles. The summed E-state index contributed by atoms with van der Waals surface area (Å²) in [4.78, 5) is 45.0. The molecule has 0 saturated carbocycles. The number of methoxy groups -OCH3 is 1. The number of aliphatic hydroxyl groups is 1. The van der Waals surface area contributed by atoms with Crippen LogP contribution >= 0.6 is 11.3 Å². The van der Waals surface area contributed by atoms with Crippen molar-refractivity contribution in [3.63, 3.8) is 0 Å². The zero-order valence-corrected chi connectivity index (χ0v) is 21.6. The third-order valence-corrected chi connectivity index (χ3v) is 6.88. The Morgan fingerprint density at radius 2 is 1.81 bits per heavy atom. The number of hydrogen-bond acceptors (Lipinski definition) is 9. The lowest BCUT2D eigenvalue weighted by atomic mass is 9.95. The Balaban J connectivity index is 1.90. The van der Waals surface area contributed by atoms with E-state index in [1.165, 1.54) is 12.0 Å². The molecular weight excluding hydrogens is 496 g/mol. The zero-order valence-electron chi connectivity index (χ0n) is 20.8. The standard InChI is InChI=1S/C27H26N2O7S/c1-5-35-19-9-7-8-17(14-19)21-20(22(30)16-10-12-18(34-4)13-11-16)23(31)25(32)29(21)27-28-15(3)24(37-27)26(33)36-6-2/h7-14,21,30H,5-6H2,1-4H3/b22-20+. The predicted molar refractivity (Wildman–Crippen MR) is 138 cm³/mol. The maximum absolute atomic E-state index is 13.4. The summed E-state index contributed by atoms with van der Waals surface area (Å²) >= 11 is 0.953. The number of nitrogens with zero attached hydrogens (tertiary/aromatic N) is 2. The van der Waals surface area contributed by atoms with Gasteiger partial charge in [-0.25, -0.2) is 9.78 Å². The van der Waals surface area contributed by atoms with Gasteiger partial charge in [-0.05, 0) is 62.7 Å². The second kappa shape index (κ2) is 10.8. The Hall–Kier alpha value is -4.18. The molecule has 2 aromatic carbocycles. The fraction of sp³-hybridized carbons (Fsp3) is 0.259. The molecule has 1 amide bonds. The quantitative estimate of drug-likeness (QED) is 0.197. The molecule has 0 bridgehead atoms. The van der Waals surface area contributed by atoms with Gasteiger partial charge in [-0.15, -0.1) is 0 Å². The fourth-order valence-electron chi connectivity index (χ4n) is 4.06. The molecule has 4 rings (SSSR count). The van der Waals surface area contributed by atoms with Crippen LogP contribution in [0.3, 0.4) is 0 Å².